The molecule has 9 heavy (non-hydrogen) atoms. The molecule has 0 amide bonds. The van der Waals surface area contributed by atoms with E-state index in [-0.39, 0.29) is 38.6 Å². The average molecular weight is 203 g/mol. The third kappa shape index (κ3) is 58.7. The average Bonchev–Trinajstić information content (AvgIpc) is 1.69. The molecule has 3 heteroatoms. The maximum absolute atomic E-state index is 9.38. The van der Waals surface area contributed by atoms with Crippen molar-refractivity contribution in [1.82, 2.24) is 0 Å². The van der Waals surface area contributed by atoms with Gasteiger partial charge >= 0.3 is 0 Å². The van der Waals surface area contributed by atoms with Crippen LogP contribution in [0.4, 0.5) is 0 Å². The smallest absolute Gasteiger partial charge is 0 e. The van der Waals surface area contributed by atoms with Gasteiger partial charge < -0.3 is 9.59 Å². The topological polar surface area (TPSA) is 34.1 Å². The van der Waals surface area contributed by atoms with Crippen molar-refractivity contribution in [3.8, 4) is 0 Å². The predicted octanol–water partition coefficient (Wildman–Crippen LogP) is 0.866. The molecule has 51 valence electrons. The molecular weight excluding hydrogens is 193 g/mol. The minimum atomic E-state index is 0. The summed E-state index contributed by atoms with van der Waals surface area (Å²) in [6, 6.07) is 0. The first-order valence-electron chi connectivity index (χ1n) is 2.35. The van der Waals surface area contributed by atoms with E-state index in [4.69, 9.17) is 4.79 Å². The second-order valence-electron chi connectivity index (χ2n) is 1.48. The van der Waals surface area contributed by atoms with Crippen LogP contribution in [0.1, 0.15) is 20.8 Å². The van der Waals surface area contributed by atoms with Crippen LogP contribution < -0.4 is 0 Å². The molecule has 0 bridgehead atoms. The van der Waals surface area contributed by atoms with Gasteiger partial charge in [-0.15, -0.1) is 5.92 Å². The second-order valence-corrected chi connectivity index (χ2v) is 1.48. The molecule has 0 unspecified atom stereocenters. The Labute approximate surface area is 81.3 Å². The summed E-state index contributed by atoms with van der Waals surface area (Å²) in [5, 5.41) is 0. The Morgan fingerprint density at radius 2 is 1.33 bits per heavy atom. The summed E-state index contributed by atoms with van der Waals surface area (Å²) in [5.41, 5.74) is 0. The standard InChI is InChI=1S/C4H7O.C2H3O.Y/c1-4(2)3-5;1-2-3;/h4H,1-2H3;1H3;/q2*-1;. The molecule has 0 heterocycles. The molecule has 0 aliphatic carbocycles. The SMILES string of the molecule is CC(C)[C-]=O.C[C-]=O.[Y]. The van der Waals surface area contributed by atoms with E-state index in [1.165, 1.54) is 13.2 Å². The first-order chi connectivity index (χ1) is 3.68. The molecule has 0 atom stereocenters. The zero-order valence-corrected chi connectivity index (χ0v) is 8.81. The van der Waals surface area contributed by atoms with Crippen LogP contribution in [0.15, 0.2) is 0 Å². The van der Waals surface area contributed by atoms with E-state index in [9.17, 15) is 4.79 Å². The zero-order chi connectivity index (χ0) is 6.99. The summed E-state index contributed by atoms with van der Waals surface area (Å²) in [5.74, 6) is 0.0787. The van der Waals surface area contributed by atoms with Crippen LogP contribution >= 0.6 is 0 Å². The third-order valence-electron chi connectivity index (χ3n) is 0.236. The summed E-state index contributed by atoms with van der Waals surface area (Å²) < 4.78 is 0. The molecule has 0 aromatic carbocycles. The van der Waals surface area contributed by atoms with E-state index in [1.807, 2.05) is 0 Å². The van der Waals surface area contributed by atoms with E-state index < -0.39 is 0 Å². The molecule has 1 radical (unpaired) electrons. The maximum Gasteiger partial charge on any atom is 0 e. The molecule has 2 nitrogen and oxygen atoms in total. The van der Waals surface area contributed by atoms with E-state index in [0.29, 0.717) is 0 Å². The van der Waals surface area contributed by atoms with Gasteiger partial charge in [-0.1, -0.05) is 13.8 Å². The van der Waals surface area contributed by atoms with Crippen molar-refractivity contribution in [3.05, 3.63) is 0 Å². The van der Waals surface area contributed by atoms with Crippen LogP contribution in [0.2, 0.25) is 0 Å². The van der Waals surface area contributed by atoms with Gasteiger partial charge in [0.2, 0.25) is 0 Å². The molecule has 0 N–H and O–H groups in total. The van der Waals surface area contributed by atoms with Crippen LogP contribution in [0.3, 0.4) is 0 Å². The van der Waals surface area contributed by atoms with Crippen molar-refractivity contribution in [1.29, 1.82) is 0 Å². The summed E-state index contributed by atoms with van der Waals surface area (Å²) in [6.45, 7) is 4.92. The van der Waals surface area contributed by atoms with Gasteiger partial charge in [-0.2, -0.15) is 6.92 Å². The van der Waals surface area contributed by atoms with Crippen molar-refractivity contribution < 1.29 is 42.3 Å². The molecule has 0 rings (SSSR count). The van der Waals surface area contributed by atoms with Gasteiger partial charge in [0.05, 0.1) is 0 Å². The maximum atomic E-state index is 9.38. The van der Waals surface area contributed by atoms with E-state index >= 15 is 0 Å². The van der Waals surface area contributed by atoms with Crippen LogP contribution in [0.5, 0.6) is 0 Å². The molecular formula is C6H10O2Y-2. The molecule has 0 aliphatic heterocycles. The first-order valence-corrected chi connectivity index (χ1v) is 2.35. The Morgan fingerprint density at radius 3 is 1.33 bits per heavy atom. The quantitative estimate of drug-likeness (QED) is 0.592. The fourth-order valence-electron chi connectivity index (χ4n) is 0. The number of carbonyl (C=O) groups excluding carboxylic acids is 2. The van der Waals surface area contributed by atoms with E-state index in [2.05, 4.69) is 0 Å². The molecule has 0 fully saturated rings. The second kappa shape index (κ2) is 15.8. The van der Waals surface area contributed by atoms with E-state index in [1.54, 1.807) is 20.1 Å². The molecule has 0 aromatic heterocycles. The first kappa shape index (κ1) is 16.2. The summed E-state index contributed by atoms with van der Waals surface area (Å²) in [6.07, 6.45) is 3.28. The largest absolute Gasteiger partial charge is 0.542 e. The molecule has 0 spiro atoms. The Balaban J connectivity index is -0.0000000800. The van der Waals surface area contributed by atoms with Gasteiger partial charge in [0.25, 0.3) is 0 Å². The fourth-order valence-corrected chi connectivity index (χ4v) is 0. The molecule has 0 aromatic rings. The Morgan fingerprint density at radius 1 is 1.22 bits per heavy atom. The summed E-state index contributed by atoms with van der Waals surface area (Å²) >= 11 is 0. The van der Waals surface area contributed by atoms with E-state index in [0.717, 1.165) is 0 Å². The normalized spacial score (nSPS) is 6.22. The zero-order valence-electron chi connectivity index (χ0n) is 5.97. The van der Waals surface area contributed by atoms with Crippen LogP contribution in [0.25, 0.3) is 0 Å². The summed E-state index contributed by atoms with van der Waals surface area (Å²) in [7, 11) is 0. The van der Waals surface area contributed by atoms with Crippen LogP contribution in [0, 0.1) is 5.92 Å². The number of rotatable bonds is 1. The number of hydrogen-bond donors (Lipinski definition) is 0. The molecule has 0 aliphatic rings. The van der Waals surface area contributed by atoms with Gasteiger partial charge in [0.1, 0.15) is 0 Å². The van der Waals surface area contributed by atoms with Crippen molar-refractivity contribution in [2.75, 3.05) is 0 Å². The monoisotopic (exact) mass is 203 g/mol. The van der Waals surface area contributed by atoms with Crippen LogP contribution in [-0.4, -0.2) is 12.6 Å². The van der Waals surface area contributed by atoms with Gasteiger partial charge in [0, 0.05) is 32.7 Å². The van der Waals surface area contributed by atoms with Crippen molar-refractivity contribution in [3.63, 3.8) is 0 Å². The Kier molecular flexibility index (Phi) is 28.4. The summed E-state index contributed by atoms with van der Waals surface area (Å²) in [4.78, 5) is 18.1. The van der Waals surface area contributed by atoms with Crippen LogP contribution in [-0.2, 0) is 42.3 Å². The van der Waals surface area contributed by atoms with Gasteiger partial charge in [-0.25, -0.2) is 0 Å². The van der Waals surface area contributed by atoms with Gasteiger partial charge in [0.15, 0.2) is 0 Å². The Bertz CT molecular complexity index is 62.1. The minimum Gasteiger partial charge on any atom is -0.542 e. The fraction of sp³-hybridized carbons (Fsp3) is 0.667. The Hall–Kier alpha value is 0.444. The molecule has 0 saturated heterocycles. The van der Waals surface area contributed by atoms with Gasteiger partial charge in [-0.05, 0) is 0 Å². The van der Waals surface area contributed by atoms with Crippen molar-refractivity contribution in [2.24, 2.45) is 5.92 Å². The molecule has 0 saturated carbocycles. The minimum absolute atomic E-state index is 0. The third-order valence-corrected chi connectivity index (χ3v) is 0.236. The number of hydrogen-bond acceptors (Lipinski definition) is 2. The van der Waals surface area contributed by atoms with Crippen molar-refractivity contribution >= 4 is 12.6 Å². The predicted molar refractivity (Wildman–Crippen MR) is 31.9 cm³/mol. The van der Waals surface area contributed by atoms with Crippen molar-refractivity contribution in [2.45, 2.75) is 20.8 Å². The van der Waals surface area contributed by atoms with Gasteiger partial charge in [-0.3, -0.25) is 12.6 Å².